The number of imidazole rings is 1. The van der Waals surface area contributed by atoms with Gasteiger partial charge in [-0.05, 0) is 0 Å². The number of amides is 1. The molecule has 1 heterocycles. The number of rotatable bonds is 2. The van der Waals surface area contributed by atoms with Crippen molar-refractivity contribution >= 4 is 6.03 Å². The molecule has 0 aliphatic heterocycles. The molecular weight excluding hydrogens is 215 g/mol. The molecule has 1 unspecified atom stereocenters. The van der Waals surface area contributed by atoms with E-state index in [4.69, 9.17) is 5.11 Å². The summed E-state index contributed by atoms with van der Waals surface area (Å²) in [5.74, 6) is 0. The number of nitrogens with one attached hydrogen (secondary N) is 1. The Morgan fingerprint density at radius 1 is 1.60 bits per heavy atom. The number of alkyl halides is 3. The van der Waals surface area contributed by atoms with Crippen LogP contribution in [0.1, 0.15) is 0 Å². The van der Waals surface area contributed by atoms with Crippen LogP contribution < -0.4 is 5.32 Å². The van der Waals surface area contributed by atoms with Gasteiger partial charge in [0.25, 0.3) is 0 Å². The first kappa shape index (κ1) is 11.5. The summed E-state index contributed by atoms with van der Waals surface area (Å²) in [6, 6.07) is -0.782. The number of aliphatic hydroxyl groups excluding tert-OH is 1. The van der Waals surface area contributed by atoms with Gasteiger partial charge in [0, 0.05) is 12.4 Å². The van der Waals surface area contributed by atoms with Crippen molar-refractivity contribution in [1.82, 2.24) is 14.9 Å². The van der Waals surface area contributed by atoms with Crippen LogP contribution in [0, 0.1) is 0 Å². The highest BCUT2D eigenvalue weighted by atomic mass is 19.4. The first-order chi connectivity index (χ1) is 6.91. The third-order valence-corrected chi connectivity index (χ3v) is 1.56. The highest BCUT2D eigenvalue weighted by Crippen LogP contribution is 2.19. The normalized spacial score (nSPS) is 13.6. The quantitative estimate of drug-likeness (QED) is 0.760. The number of hydrogen-bond donors (Lipinski definition) is 2. The van der Waals surface area contributed by atoms with Gasteiger partial charge in [0.15, 0.2) is 6.10 Å². The molecule has 0 aliphatic carbocycles. The molecule has 2 N–H and O–H groups in total. The van der Waals surface area contributed by atoms with Gasteiger partial charge in [-0.2, -0.15) is 13.2 Å². The van der Waals surface area contributed by atoms with Gasteiger partial charge < -0.3 is 10.4 Å². The van der Waals surface area contributed by atoms with E-state index in [0.717, 1.165) is 10.9 Å². The number of carbonyl (C=O) groups excluding carboxylic acids is 1. The van der Waals surface area contributed by atoms with Gasteiger partial charge in [-0.3, -0.25) is 4.57 Å². The second-order valence-electron chi connectivity index (χ2n) is 2.71. The smallest absolute Gasteiger partial charge is 0.382 e. The van der Waals surface area contributed by atoms with E-state index in [2.05, 4.69) is 4.98 Å². The molecular formula is C7H8F3N3O2. The van der Waals surface area contributed by atoms with Crippen molar-refractivity contribution in [1.29, 1.82) is 0 Å². The van der Waals surface area contributed by atoms with E-state index in [1.807, 2.05) is 5.32 Å². The topological polar surface area (TPSA) is 67.2 Å². The second kappa shape index (κ2) is 4.30. The van der Waals surface area contributed by atoms with Crippen LogP contribution in [0.25, 0.3) is 0 Å². The lowest BCUT2D eigenvalue weighted by atomic mass is 10.3. The number of carbonyl (C=O) groups is 1. The second-order valence-corrected chi connectivity index (χ2v) is 2.71. The van der Waals surface area contributed by atoms with Crippen molar-refractivity contribution in [2.45, 2.75) is 12.3 Å². The van der Waals surface area contributed by atoms with Crippen LogP contribution in [0.15, 0.2) is 18.7 Å². The minimum atomic E-state index is -4.73. The van der Waals surface area contributed by atoms with Crippen molar-refractivity contribution in [2.24, 2.45) is 0 Å². The van der Waals surface area contributed by atoms with E-state index >= 15 is 0 Å². The lowest BCUT2D eigenvalue weighted by molar-refractivity contribution is -0.201. The number of aromatic nitrogens is 2. The molecule has 0 fully saturated rings. The molecule has 1 amide bonds. The Bertz CT molecular complexity index is 323. The van der Waals surface area contributed by atoms with Crippen molar-refractivity contribution in [3.63, 3.8) is 0 Å². The summed E-state index contributed by atoms with van der Waals surface area (Å²) in [6.07, 6.45) is -3.59. The van der Waals surface area contributed by atoms with E-state index in [1.54, 1.807) is 0 Å². The van der Waals surface area contributed by atoms with Crippen molar-refractivity contribution in [3.05, 3.63) is 18.7 Å². The van der Waals surface area contributed by atoms with Crippen molar-refractivity contribution in [3.8, 4) is 0 Å². The largest absolute Gasteiger partial charge is 0.416 e. The zero-order valence-corrected chi connectivity index (χ0v) is 7.40. The van der Waals surface area contributed by atoms with Crippen LogP contribution in [0.4, 0.5) is 18.0 Å². The molecule has 0 saturated heterocycles. The fraction of sp³-hybridized carbons (Fsp3) is 0.429. The van der Waals surface area contributed by atoms with Gasteiger partial charge in [-0.15, -0.1) is 0 Å². The molecule has 0 radical (unpaired) electrons. The fourth-order valence-electron chi connectivity index (χ4n) is 0.770. The van der Waals surface area contributed by atoms with Gasteiger partial charge in [-0.25, -0.2) is 9.78 Å². The lowest BCUT2D eigenvalue weighted by Crippen LogP contribution is -2.41. The monoisotopic (exact) mass is 223 g/mol. The Morgan fingerprint density at radius 3 is 2.73 bits per heavy atom. The van der Waals surface area contributed by atoms with Crippen LogP contribution in [-0.4, -0.2) is 39.5 Å². The minimum absolute atomic E-state index is 0.782. The van der Waals surface area contributed by atoms with Gasteiger partial charge in [0.2, 0.25) is 0 Å². The number of hydrogen-bond acceptors (Lipinski definition) is 3. The van der Waals surface area contributed by atoms with Gasteiger partial charge in [0.05, 0.1) is 6.54 Å². The third-order valence-electron chi connectivity index (χ3n) is 1.56. The predicted octanol–water partition coefficient (Wildman–Crippen LogP) is 0.364. The molecule has 0 bridgehead atoms. The summed E-state index contributed by atoms with van der Waals surface area (Å²) in [6.45, 7) is -0.888. The number of aliphatic hydroxyl groups is 1. The highest BCUT2D eigenvalue weighted by molar-refractivity contribution is 5.76. The Hall–Kier alpha value is -1.57. The molecule has 0 saturated carbocycles. The Morgan fingerprint density at radius 2 is 2.27 bits per heavy atom. The van der Waals surface area contributed by atoms with Gasteiger partial charge >= 0.3 is 12.2 Å². The third kappa shape index (κ3) is 3.24. The molecule has 1 aromatic heterocycles. The van der Waals surface area contributed by atoms with Crippen LogP contribution in [0.2, 0.25) is 0 Å². The van der Waals surface area contributed by atoms with Gasteiger partial charge in [0.1, 0.15) is 6.33 Å². The summed E-state index contributed by atoms with van der Waals surface area (Å²) >= 11 is 0. The first-order valence-corrected chi connectivity index (χ1v) is 3.92. The predicted molar refractivity (Wildman–Crippen MR) is 43.1 cm³/mol. The van der Waals surface area contributed by atoms with E-state index in [9.17, 15) is 18.0 Å². The summed E-state index contributed by atoms with van der Waals surface area (Å²) in [5.41, 5.74) is 0. The molecule has 15 heavy (non-hydrogen) atoms. The Kier molecular flexibility index (Phi) is 3.30. The molecule has 0 aromatic carbocycles. The van der Waals surface area contributed by atoms with Crippen molar-refractivity contribution in [2.75, 3.05) is 6.54 Å². The minimum Gasteiger partial charge on any atom is -0.382 e. The maximum absolute atomic E-state index is 11.8. The zero-order valence-electron chi connectivity index (χ0n) is 7.40. The lowest BCUT2D eigenvalue weighted by Gasteiger charge is -2.14. The van der Waals surface area contributed by atoms with Crippen LogP contribution in [-0.2, 0) is 0 Å². The summed E-state index contributed by atoms with van der Waals surface area (Å²) in [4.78, 5) is 14.6. The first-order valence-electron chi connectivity index (χ1n) is 3.92. The van der Waals surface area contributed by atoms with E-state index in [-0.39, 0.29) is 0 Å². The van der Waals surface area contributed by atoms with E-state index in [0.29, 0.717) is 0 Å². The molecule has 0 aliphatic rings. The van der Waals surface area contributed by atoms with Crippen LogP contribution in [0.3, 0.4) is 0 Å². The van der Waals surface area contributed by atoms with Crippen LogP contribution >= 0.6 is 0 Å². The fourth-order valence-corrected chi connectivity index (χ4v) is 0.770. The highest BCUT2D eigenvalue weighted by Gasteiger charge is 2.38. The Labute approximate surface area is 82.5 Å². The molecule has 1 aromatic rings. The Balaban J connectivity index is 2.42. The van der Waals surface area contributed by atoms with Crippen molar-refractivity contribution < 1.29 is 23.1 Å². The number of halogens is 3. The maximum atomic E-state index is 11.8. The van der Waals surface area contributed by atoms with E-state index in [1.165, 1.54) is 12.4 Å². The molecule has 1 rings (SSSR count). The average Bonchev–Trinajstić information content (AvgIpc) is 2.64. The zero-order chi connectivity index (χ0) is 11.5. The summed E-state index contributed by atoms with van der Waals surface area (Å²) in [5, 5.41) is 10.5. The summed E-state index contributed by atoms with van der Waals surface area (Å²) < 4.78 is 36.4. The molecule has 8 heteroatoms. The van der Waals surface area contributed by atoms with Crippen LogP contribution in [0.5, 0.6) is 0 Å². The molecule has 1 atom stereocenters. The van der Waals surface area contributed by atoms with E-state index < -0.39 is 24.9 Å². The number of nitrogens with zero attached hydrogens (tertiary/aromatic N) is 2. The average molecular weight is 223 g/mol. The molecule has 5 nitrogen and oxygen atoms in total. The standard InChI is InChI=1S/C7H8F3N3O2/c8-7(9,10)5(14)3-12-6(15)13-2-1-11-4-13/h1-2,4-5,14H,3H2,(H,12,15). The molecule has 0 spiro atoms. The molecule has 84 valence electrons. The SMILES string of the molecule is O=C(NCC(O)C(F)(F)F)n1ccnc1. The maximum Gasteiger partial charge on any atom is 0.416 e. The summed E-state index contributed by atoms with van der Waals surface area (Å²) in [7, 11) is 0. The van der Waals surface area contributed by atoms with Gasteiger partial charge in [-0.1, -0.05) is 0 Å².